The molecule has 3 aliphatic heterocycles. The summed E-state index contributed by atoms with van der Waals surface area (Å²) in [6.45, 7) is 3.90. The molecule has 3 saturated heterocycles. The topological polar surface area (TPSA) is 90.5 Å². The highest BCUT2D eigenvalue weighted by Crippen LogP contribution is 2.33. The fraction of sp³-hybridized carbons (Fsp3) is 0.833. The van der Waals surface area contributed by atoms with Crippen molar-refractivity contribution in [2.45, 2.75) is 57.0 Å². The third-order valence-corrected chi connectivity index (χ3v) is 6.79. The van der Waals surface area contributed by atoms with Gasteiger partial charge in [-0.15, -0.1) is 11.8 Å². The molecule has 146 valence electrons. The van der Waals surface area contributed by atoms with E-state index in [1.807, 2.05) is 4.90 Å². The number of thioether (sulfide) groups is 1. The van der Waals surface area contributed by atoms with Crippen LogP contribution in [0.4, 0.5) is 0 Å². The van der Waals surface area contributed by atoms with E-state index < -0.39 is 0 Å². The summed E-state index contributed by atoms with van der Waals surface area (Å²) in [6, 6.07) is 0. The molecule has 3 aliphatic rings. The highest BCUT2D eigenvalue weighted by Gasteiger charge is 2.38. The van der Waals surface area contributed by atoms with E-state index in [0.29, 0.717) is 13.0 Å². The van der Waals surface area contributed by atoms with Gasteiger partial charge in [0.15, 0.2) is 0 Å². The molecule has 8 heteroatoms. The monoisotopic (exact) mass is 382 g/mol. The first-order valence-electron chi connectivity index (χ1n) is 9.76. The highest BCUT2D eigenvalue weighted by atomic mass is 32.2. The van der Waals surface area contributed by atoms with Crippen LogP contribution < -0.4 is 16.0 Å². The second kappa shape index (κ2) is 9.08. The van der Waals surface area contributed by atoms with Crippen molar-refractivity contribution in [3.8, 4) is 0 Å². The van der Waals surface area contributed by atoms with E-state index in [1.54, 1.807) is 11.8 Å². The van der Waals surface area contributed by atoms with Crippen molar-refractivity contribution in [2.75, 3.05) is 25.4 Å². The second-order valence-corrected chi connectivity index (χ2v) is 8.76. The molecule has 3 heterocycles. The highest BCUT2D eigenvalue weighted by molar-refractivity contribution is 8.00. The molecule has 0 aromatic heterocycles. The summed E-state index contributed by atoms with van der Waals surface area (Å²) in [6.07, 6.45) is 5.40. The molecule has 3 rings (SSSR count). The average Bonchev–Trinajstić information content (AvgIpc) is 3.09. The molecule has 3 N–H and O–H groups in total. The molecule has 0 aromatic carbocycles. The molecule has 3 amide bonds. The number of hydrogen-bond acceptors (Lipinski definition) is 5. The Bertz CT molecular complexity index is 539. The zero-order valence-electron chi connectivity index (χ0n) is 15.5. The lowest BCUT2D eigenvalue weighted by molar-refractivity contribution is -0.137. The van der Waals surface area contributed by atoms with Crippen molar-refractivity contribution >= 4 is 29.5 Å². The molecule has 26 heavy (non-hydrogen) atoms. The molecular formula is C18H30N4O3S. The Hall–Kier alpha value is -1.28. The predicted molar refractivity (Wildman–Crippen MR) is 101 cm³/mol. The maximum atomic E-state index is 12.8. The summed E-state index contributed by atoms with van der Waals surface area (Å²) in [5.41, 5.74) is 0. The second-order valence-electron chi connectivity index (χ2n) is 7.51. The molecule has 0 saturated carbocycles. The summed E-state index contributed by atoms with van der Waals surface area (Å²) in [4.78, 5) is 38.8. The largest absolute Gasteiger partial charge is 0.343 e. The number of hydrogen-bond donors (Lipinski definition) is 3. The fourth-order valence-corrected chi connectivity index (χ4v) is 5.43. The Labute approximate surface area is 159 Å². The normalized spacial score (nSPS) is 32.1. The van der Waals surface area contributed by atoms with Crippen LogP contribution in [0.5, 0.6) is 0 Å². The molecule has 7 nitrogen and oxygen atoms in total. The Morgan fingerprint density at radius 3 is 2.58 bits per heavy atom. The van der Waals surface area contributed by atoms with Gasteiger partial charge >= 0.3 is 0 Å². The molecule has 0 bridgehead atoms. The van der Waals surface area contributed by atoms with E-state index in [-0.39, 0.29) is 41.1 Å². The summed E-state index contributed by atoms with van der Waals surface area (Å²) in [7, 11) is 0. The molecule has 0 aliphatic carbocycles. The number of carbonyl (C=O) groups is 3. The molecular weight excluding hydrogens is 352 g/mol. The Morgan fingerprint density at radius 2 is 1.85 bits per heavy atom. The first-order valence-corrected chi connectivity index (χ1v) is 10.8. The number of carbonyl (C=O) groups excluding carboxylic acids is 3. The maximum Gasteiger partial charge on any atom is 0.228 e. The van der Waals surface area contributed by atoms with Crippen LogP contribution in [0.3, 0.4) is 0 Å². The SMILES string of the molecule is CC(=O)NC1CC(C(=O)NC2SCCC2C(=O)N2CCCCC2)CCN1. The first-order chi connectivity index (χ1) is 12.5. The number of nitrogens with one attached hydrogen (secondary N) is 3. The van der Waals surface area contributed by atoms with Gasteiger partial charge in [0.25, 0.3) is 0 Å². The zero-order chi connectivity index (χ0) is 18.5. The molecule has 0 spiro atoms. The Balaban J connectivity index is 1.54. The zero-order valence-corrected chi connectivity index (χ0v) is 16.3. The minimum atomic E-state index is -0.154. The lowest BCUT2D eigenvalue weighted by Gasteiger charge is -2.33. The summed E-state index contributed by atoms with van der Waals surface area (Å²) in [5.74, 6) is 0.812. The minimum Gasteiger partial charge on any atom is -0.343 e. The van der Waals surface area contributed by atoms with Crippen LogP contribution in [0, 0.1) is 11.8 Å². The number of likely N-dealkylation sites (tertiary alicyclic amines) is 1. The van der Waals surface area contributed by atoms with Crippen LogP contribution in [-0.4, -0.2) is 59.5 Å². The quantitative estimate of drug-likeness (QED) is 0.664. The van der Waals surface area contributed by atoms with Crippen LogP contribution in [0.15, 0.2) is 0 Å². The van der Waals surface area contributed by atoms with Gasteiger partial charge < -0.3 is 15.5 Å². The summed E-state index contributed by atoms with van der Waals surface area (Å²) in [5, 5.41) is 9.06. The van der Waals surface area contributed by atoms with Gasteiger partial charge in [0.05, 0.1) is 17.5 Å². The third kappa shape index (κ3) is 4.91. The van der Waals surface area contributed by atoms with Gasteiger partial charge in [0.2, 0.25) is 17.7 Å². The minimum absolute atomic E-state index is 0.0118. The van der Waals surface area contributed by atoms with Crippen molar-refractivity contribution in [3.05, 3.63) is 0 Å². The van der Waals surface area contributed by atoms with Crippen LogP contribution >= 0.6 is 11.8 Å². The molecule has 3 fully saturated rings. The van der Waals surface area contributed by atoms with Crippen LogP contribution in [0.25, 0.3) is 0 Å². The fourth-order valence-electron chi connectivity index (χ4n) is 4.10. The summed E-state index contributed by atoms with van der Waals surface area (Å²) >= 11 is 1.68. The van der Waals surface area contributed by atoms with Crippen LogP contribution in [-0.2, 0) is 14.4 Å². The molecule has 4 unspecified atom stereocenters. The van der Waals surface area contributed by atoms with E-state index in [9.17, 15) is 14.4 Å². The lowest BCUT2D eigenvalue weighted by Crippen LogP contribution is -2.53. The van der Waals surface area contributed by atoms with E-state index in [2.05, 4.69) is 16.0 Å². The van der Waals surface area contributed by atoms with Gasteiger partial charge in [-0.3, -0.25) is 19.7 Å². The van der Waals surface area contributed by atoms with Crippen molar-refractivity contribution in [3.63, 3.8) is 0 Å². The number of piperidine rings is 2. The maximum absolute atomic E-state index is 12.8. The van der Waals surface area contributed by atoms with Gasteiger partial charge in [-0.25, -0.2) is 0 Å². The molecule has 4 atom stereocenters. The standard InChI is InChI=1S/C18H30N4O3S/c1-12(23)20-15-11-13(5-7-19-15)16(24)21-17-14(6-10-26-17)18(25)22-8-3-2-4-9-22/h13-15,17,19H,2-11H2,1H3,(H,20,23)(H,21,24). The van der Waals surface area contributed by atoms with Gasteiger partial charge in [-0.05, 0) is 50.8 Å². The number of amides is 3. The average molecular weight is 383 g/mol. The number of nitrogens with zero attached hydrogens (tertiary/aromatic N) is 1. The third-order valence-electron chi connectivity index (χ3n) is 5.51. The van der Waals surface area contributed by atoms with Gasteiger partial charge in [-0.2, -0.15) is 0 Å². The molecule has 0 radical (unpaired) electrons. The van der Waals surface area contributed by atoms with Crippen molar-refractivity contribution in [2.24, 2.45) is 11.8 Å². The van der Waals surface area contributed by atoms with Crippen LogP contribution in [0.1, 0.15) is 45.4 Å². The Kier molecular flexibility index (Phi) is 6.80. The molecule has 0 aromatic rings. The van der Waals surface area contributed by atoms with E-state index in [1.165, 1.54) is 13.3 Å². The summed E-state index contributed by atoms with van der Waals surface area (Å²) < 4.78 is 0. The van der Waals surface area contributed by atoms with Crippen LogP contribution in [0.2, 0.25) is 0 Å². The smallest absolute Gasteiger partial charge is 0.228 e. The van der Waals surface area contributed by atoms with Gasteiger partial charge in [0, 0.05) is 25.9 Å². The predicted octanol–water partition coefficient (Wildman–Crippen LogP) is 0.656. The van der Waals surface area contributed by atoms with E-state index >= 15 is 0 Å². The number of rotatable bonds is 4. The van der Waals surface area contributed by atoms with Gasteiger partial charge in [-0.1, -0.05) is 0 Å². The lowest BCUT2D eigenvalue weighted by atomic mass is 9.94. The van der Waals surface area contributed by atoms with E-state index in [4.69, 9.17) is 0 Å². The van der Waals surface area contributed by atoms with Crippen molar-refractivity contribution in [1.82, 2.24) is 20.9 Å². The first kappa shape index (κ1) is 19.5. The van der Waals surface area contributed by atoms with Gasteiger partial charge in [0.1, 0.15) is 0 Å². The Morgan fingerprint density at radius 1 is 1.08 bits per heavy atom. The van der Waals surface area contributed by atoms with Crippen molar-refractivity contribution in [1.29, 1.82) is 0 Å². The van der Waals surface area contributed by atoms with Crippen molar-refractivity contribution < 1.29 is 14.4 Å². The van der Waals surface area contributed by atoms with E-state index in [0.717, 1.165) is 44.5 Å².